The number of aryl methyl sites for hydroxylation is 1. The van der Waals surface area contributed by atoms with E-state index in [-0.39, 0.29) is 18.0 Å². The van der Waals surface area contributed by atoms with Crippen molar-refractivity contribution in [2.75, 3.05) is 32.7 Å². The van der Waals surface area contributed by atoms with Gasteiger partial charge in [0.2, 0.25) is 10.0 Å². The van der Waals surface area contributed by atoms with Gasteiger partial charge in [0.25, 0.3) is 0 Å². The van der Waals surface area contributed by atoms with Crippen molar-refractivity contribution in [2.24, 2.45) is 0 Å². The molecule has 0 amide bonds. The zero-order valence-corrected chi connectivity index (χ0v) is 22.7. The molecule has 1 N–H and O–H groups in total. The molecule has 1 fully saturated rings. The summed E-state index contributed by atoms with van der Waals surface area (Å²) in [4.78, 5) is 13.9. The third-order valence-electron chi connectivity index (χ3n) is 7.64. The fourth-order valence-corrected chi connectivity index (χ4v) is 7.56. The smallest absolute Gasteiger partial charge is 0.325 e. The molecule has 8 nitrogen and oxygen atoms in total. The Bertz CT molecular complexity index is 1460. The maximum Gasteiger partial charge on any atom is 0.325 e. The second kappa shape index (κ2) is 9.96. The zero-order chi connectivity index (χ0) is 27.1. The molecule has 38 heavy (non-hydrogen) atoms. The van der Waals surface area contributed by atoms with Gasteiger partial charge in [0.1, 0.15) is 6.04 Å². The van der Waals surface area contributed by atoms with Crippen LogP contribution in [-0.2, 0) is 25.0 Å². The van der Waals surface area contributed by atoms with Crippen LogP contribution >= 0.6 is 0 Å². The van der Waals surface area contributed by atoms with Crippen LogP contribution in [0.1, 0.15) is 36.1 Å². The molecule has 2 unspecified atom stereocenters. The lowest BCUT2D eigenvalue weighted by Crippen LogP contribution is -2.52. The summed E-state index contributed by atoms with van der Waals surface area (Å²) in [6.07, 6.45) is 0.421. The summed E-state index contributed by atoms with van der Waals surface area (Å²) < 4.78 is 45.9. The highest BCUT2D eigenvalue weighted by Gasteiger charge is 2.63. The number of fused-ring (bicyclic) bond motifs is 2. The van der Waals surface area contributed by atoms with E-state index in [1.807, 2.05) is 49.4 Å². The minimum Gasteiger partial charge on any atom is -0.493 e. The van der Waals surface area contributed by atoms with Gasteiger partial charge in [0.15, 0.2) is 11.5 Å². The van der Waals surface area contributed by atoms with Gasteiger partial charge in [-0.05, 0) is 61.7 Å². The summed E-state index contributed by atoms with van der Waals surface area (Å²) in [5.41, 5.74) is 2.63. The van der Waals surface area contributed by atoms with Gasteiger partial charge < -0.3 is 19.5 Å². The predicted octanol–water partition coefficient (Wildman–Crippen LogP) is 4.44. The molecule has 3 aromatic carbocycles. The van der Waals surface area contributed by atoms with Crippen LogP contribution in [0, 0.1) is 6.92 Å². The molecule has 200 valence electrons. The van der Waals surface area contributed by atoms with Crippen LogP contribution in [0.4, 0.5) is 5.69 Å². The molecule has 2 aliphatic rings. The third-order valence-corrected chi connectivity index (χ3v) is 9.52. The number of methoxy groups -OCH3 is 2. The number of benzene rings is 3. The van der Waals surface area contributed by atoms with Gasteiger partial charge in [-0.25, -0.2) is 8.42 Å². The first-order valence-electron chi connectivity index (χ1n) is 12.6. The highest BCUT2D eigenvalue weighted by molar-refractivity contribution is 7.89. The first kappa shape index (κ1) is 26.1. The standard InChI is InChI=1S/C29H32N2O6S/c1-5-37-28(32)27-29(16-17-31(27)38(33,34)21-13-10-19(2)11-14-21)22-8-6-7-9-23(22)30-26(29)20-12-15-24(35-3)25(18-20)36-4/h6-15,18,26-27,30H,5,16-17H2,1-4H3/t26?,27?,29-/m1/s1. The monoisotopic (exact) mass is 536 g/mol. The Labute approximate surface area is 223 Å². The van der Waals surface area contributed by atoms with E-state index in [4.69, 9.17) is 14.2 Å². The van der Waals surface area contributed by atoms with Gasteiger partial charge in [-0.2, -0.15) is 4.31 Å². The Morgan fingerprint density at radius 1 is 1.03 bits per heavy atom. The number of rotatable bonds is 7. The second-order valence-electron chi connectivity index (χ2n) is 9.61. The average molecular weight is 537 g/mol. The SMILES string of the molecule is CCOC(=O)C1N(S(=O)(=O)c2ccc(C)cc2)CC[C@]12c1ccccc1NC2c1ccc(OC)c(OC)c1. The summed E-state index contributed by atoms with van der Waals surface area (Å²) in [7, 11) is -0.859. The topological polar surface area (TPSA) is 94.2 Å². The second-order valence-corrected chi connectivity index (χ2v) is 11.5. The minimum absolute atomic E-state index is 0.139. The van der Waals surface area contributed by atoms with Crippen molar-refractivity contribution in [3.63, 3.8) is 0 Å². The molecule has 0 radical (unpaired) electrons. The van der Waals surface area contributed by atoms with Crippen LogP contribution in [0.15, 0.2) is 71.6 Å². The van der Waals surface area contributed by atoms with Gasteiger partial charge in [-0.1, -0.05) is 42.0 Å². The summed E-state index contributed by atoms with van der Waals surface area (Å²) in [5.74, 6) is 0.565. The molecule has 5 rings (SSSR count). The van der Waals surface area contributed by atoms with E-state index in [1.54, 1.807) is 45.4 Å². The van der Waals surface area contributed by atoms with Crippen molar-refractivity contribution in [1.82, 2.24) is 4.31 Å². The van der Waals surface area contributed by atoms with E-state index < -0.39 is 33.5 Å². The van der Waals surface area contributed by atoms with Crippen LogP contribution in [0.25, 0.3) is 0 Å². The van der Waals surface area contributed by atoms with Crippen LogP contribution < -0.4 is 14.8 Å². The van der Waals surface area contributed by atoms with Crippen LogP contribution in [-0.4, -0.2) is 52.1 Å². The number of para-hydroxylation sites is 1. The number of sulfonamides is 1. The fraction of sp³-hybridized carbons (Fsp3) is 0.345. The maximum absolute atomic E-state index is 14.0. The van der Waals surface area contributed by atoms with Gasteiger partial charge in [-0.3, -0.25) is 4.79 Å². The van der Waals surface area contributed by atoms with E-state index in [9.17, 15) is 13.2 Å². The number of hydrogen-bond acceptors (Lipinski definition) is 7. The number of carbonyl (C=O) groups excluding carboxylic acids is 1. The molecule has 0 bridgehead atoms. The number of nitrogens with zero attached hydrogens (tertiary/aromatic N) is 1. The largest absolute Gasteiger partial charge is 0.493 e. The summed E-state index contributed by atoms with van der Waals surface area (Å²) in [6, 6.07) is 18.6. The number of nitrogens with one attached hydrogen (secondary N) is 1. The van der Waals surface area contributed by atoms with E-state index in [1.165, 1.54) is 4.31 Å². The number of ether oxygens (including phenoxy) is 3. The van der Waals surface area contributed by atoms with Gasteiger partial charge >= 0.3 is 5.97 Å². The number of anilines is 1. The van der Waals surface area contributed by atoms with Crippen molar-refractivity contribution in [3.8, 4) is 11.5 Å². The van der Waals surface area contributed by atoms with Crippen molar-refractivity contribution in [3.05, 3.63) is 83.4 Å². The normalized spacial score (nSPS) is 22.6. The Morgan fingerprint density at radius 2 is 1.74 bits per heavy atom. The van der Waals surface area contributed by atoms with Crippen LogP contribution in [0.3, 0.4) is 0 Å². The molecule has 2 heterocycles. The molecule has 3 aromatic rings. The predicted molar refractivity (Wildman–Crippen MR) is 144 cm³/mol. The maximum atomic E-state index is 14.0. The molecule has 3 atom stereocenters. The Kier molecular flexibility index (Phi) is 6.83. The summed E-state index contributed by atoms with van der Waals surface area (Å²) in [5, 5.41) is 3.59. The zero-order valence-electron chi connectivity index (χ0n) is 21.9. The first-order valence-corrected chi connectivity index (χ1v) is 14.0. The number of esters is 1. The van der Waals surface area contributed by atoms with Gasteiger partial charge in [0, 0.05) is 12.2 Å². The molecular formula is C29H32N2O6S. The van der Waals surface area contributed by atoms with Gasteiger partial charge in [0.05, 0.1) is 37.2 Å². The minimum atomic E-state index is -4.00. The van der Waals surface area contributed by atoms with Crippen LogP contribution in [0.5, 0.6) is 11.5 Å². The summed E-state index contributed by atoms with van der Waals surface area (Å²) >= 11 is 0. The molecular weight excluding hydrogens is 504 g/mol. The highest BCUT2D eigenvalue weighted by Crippen LogP contribution is 2.58. The molecule has 2 aliphatic heterocycles. The third kappa shape index (κ3) is 4.01. The molecule has 0 saturated carbocycles. The highest BCUT2D eigenvalue weighted by atomic mass is 32.2. The Morgan fingerprint density at radius 3 is 2.42 bits per heavy atom. The van der Waals surface area contributed by atoms with Crippen molar-refractivity contribution in [1.29, 1.82) is 0 Å². The van der Waals surface area contributed by atoms with E-state index >= 15 is 0 Å². The number of carbonyl (C=O) groups is 1. The lowest BCUT2D eigenvalue weighted by atomic mass is 9.69. The number of hydrogen-bond donors (Lipinski definition) is 1. The fourth-order valence-electron chi connectivity index (χ4n) is 5.92. The molecule has 0 aromatic heterocycles. The quantitative estimate of drug-likeness (QED) is 0.446. The lowest BCUT2D eigenvalue weighted by molar-refractivity contribution is -0.149. The molecule has 0 aliphatic carbocycles. The van der Waals surface area contributed by atoms with E-state index in [0.29, 0.717) is 17.9 Å². The van der Waals surface area contributed by atoms with Crippen molar-refractivity contribution >= 4 is 21.7 Å². The Balaban J connectivity index is 1.70. The van der Waals surface area contributed by atoms with Crippen molar-refractivity contribution in [2.45, 2.75) is 42.7 Å². The molecule has 1 saturated heterocycles. The lowest BCUT2D eigenvalue weighted by Gasteiger charge is -2.38. The van der Waals surface area contributed by atoms with Crippen molar-refractivity contribution < 1.29 is 27.4 Å². The van der Waals surface area contributed by atoms with E-state index in [0.717, 1.165) is 22.4 Å². The Hall–Kier alpha value is -3.56. The molecule has 9 heteroatoms. The van der Waals surface area contributed by atoms with Gasteiger partial charge in [-0.15, -0.1) is 0 Å². The average Bonchev–Trinajstić information content (AvgIpc) is 3.49. The van der Waals surface area contributed by atoms with E-state index in [2.05, 4.69) is 5.32 Å². The first-order chi connectivity index (χ1) is 18.3. The summed E-state index contributed by atoms with van der Waals surface area (Å²) in [6.45, 7) is 3.93. The van der Waals surface area contributed by atoms with Crippen LogP contribution in [0.2, 0.25) is 0 Å². The molecule has 1 spiro atoms.